The van der Waals surface area contributed by atoms with Gasteiger partial charge in [0.15, 0.2) is 0 Å². The van der Waals surface area contributed by atoms with E-state index in [0.717, 1.165) is 42.2 Å². The number of unbranched alkanes of at least 4 members (excludes halogenated alkanes) is 1. The van der Waals surface area contributed by atoms with Crippen molar-refractivity contribution < 1.29 is 9.47 Å². The summed E-state index contributed by atoms with van der Waals surface area (Å²) in [4.78, 5) is 0.689. The van der Waals surface area contributed by atoms with Gasteiger partial charge in [-0.05, 0) is 61.9 Å². The first kappa shape index (κ1) is 17.3. The molecule has 0 aromatic heterocycles. The van der Waals surface area contributed by atoms with Crippen LogP contribution in [0.1, 0.15) is 32.3 Å². The summed E-state index contributed by atoms with van der Waals surface area (Å²) < 4.78 is 11.1. The Kier molecular flexibility index (Phi) is 6.88. The number of hydrogen-bond acceptors (Lipinski definition) is 3. The molecule has 0 saturated heterocycles. The number of anilines is 1. The lowest BCUT2D eigenvalue weighted by molar-refractivity contribution is 0.309. The topological polar surface area (TPSA) is 30.5 Å². The average molecular weight is 329 g/mol. The molecule has 0 aliphatic carbocycles. The SMILES string of the molecule is CCCCOc1ccc(C(=S)Nc2ccc(OCC)cc2)cc1. The lowest BCUT2D eigenvalue weighted by Gasteiger charge is -2.10. The van der Waals surface area contributed by atoms with Crippen molar-refractivity contribution >= 4 is 22.9 Å². The molecular weight excluding hydrogens is 306 g/mol. The zero-order valence-corrected chi connectivity index (χ0v) is 14.5. The summed E-state index contributed by atoms with van der Waals surface area (Å²) in [6, 6.07) is 15.6. The molecule has 122 valence electrons. The summed E-state index contributed by atoms with van der Waals surface area (Å²) >= 11 is 5.45. The second-order valence-corrected chi connectivity index (χ2v) is 5.55. The van der Waals surface area contributed by atoms with Crippen LogP contribution in [-0.4, -0.2) is 18.2 Å². The third-order valence-corrected chi connectivity index (χ3v) is 3.64. The van der Waals surface area contributed by atoms with Crippen LogP contribution in [0, 0.1) is 0 Å². The highest BCUT2D eigenvalue weighted by Crippen LogP contribution is 2.18. The van der Waals surface area contributed by atoms with Crippen molar-refractivity contribution in [1.82, 2.24) is 0 Å². The van der Waals surface area contributed by atoms with Gasteiger partial charge in [-0.3, -0.25) is 0 Å². The van der Waals surface area contributed by atoms with Crippen LogP contribution in [0.25, 0.3) is 0 Å². The highest BCUT2D eigenvalue weighted by molar-refractivity contribution is 7.81. The minimum atomic E-state index is 0.665. The Labute approximate surface area is 143 Å². The minimum absolute atomic E-state index is 0.665. The van der Waals surface area contributed by atoms with E-state index in [9.17, 15) is 0 Å². The van der Waals surface area contributed by atoms with Gasteiger partial charge in [-0.2, -0.15) is 0 Å². The maximum atomic E-state index is 5.66. The van der Waals surface area contributed by atoms with Crippen LogP contribution in [0.5, 0.6) is 11.5 Å². The molecule has 0 atom stereocenters. The third-order valence-electron chi connectivity index (χ3n) is 3.31. The molecule has 2 rings (SSSR count). The molecule has 0 fully saturated rings. The minimum Gasteiger partial charge on any atom is -0.494 e. The molecule has 0 unspecified atom stereocenters. The van der Waals surface area contributed by atoms with Gasteiger partial charge in [0.1, 0.15) is 16.5 Å². The normalized spacial score (nSPS) is 10.2. The van der Waals surface area contributed by atoms with E-state index >= 15 is 0 Å². The standard InChI is InChI=1S/C19H23NO2S/c1-3-5-14-22-18-10-6-15(7-11-18)19(23)20-16-8-12-17(13-9-16)21-4-2/h6-13H,3-5,14H2,1-2H3,(H,20,23). The Morgan fingerprint density at radius 2 is 1.52 bits per heavy atom. The summed E-state index contributed by atoms with van der Waals surface area (Å²) in [6.07, 6.45) is 2.20. The first-order chi connectivity index (χ1) is 11.2. The maximum absolute atomic E-state index is 5.66. The van der Waals surface area contributed by atoms with Gasteiger partial charge in [0.2, 0.25) is 0 Å². The fraction of sp³-hybridized carbons (Fsp3) is 0.316. The van der Waals surface area contributed by atoms with Crippen molar-refractivity contribution in [2.75, 3.05) is 18.5 Å². The summed E-state index contributed by atoms with van der Waals surface area (Å²) in [5, 5.41) is 3.23. The Morgan fingerprint density at radius 3 is 2.13 bits per heavy atom. The van der Waals surface area contributed by atoms with Crippen molar-refractivity contribution in [1.29, 1.82) is 0 Å². The van der Waals surface area contributed by atoms with E-state index in [2.05, 4.69) is 12.2 Å². The molecule has 0 radical (unpaired) electrons. The molecular formula is C19H23NO2S. The quantitative estimate of drug-likeness (QED) is 0.542. The Morgan fingerprint density at radius 1 is 0.913 bits per heavy atom. The predicted molar refractivity (Wildman–Crippen MR) is 99.8 cm³/mol. The van der Waals surface area contributed by atoms with E-state index in [0.29, 0.717) is 11.6 Å². The number of benzene rings is 2. The smallest absolute Gasteiger partial charge is 0.119 e. The van der Waals surface area contributed by atoms with Crippen molar-refractivity contribution in [2.45, 2.75) is 26.7 Å². The van der Waals surface area contributed by atoms with Gasteiger partial charge in [-0.25, -0.2) is 0 Å². The summed E-state index contributed by atoms with van der Waals surface area (Å²) in [5.74, 6) is 1.74. The number of rotatable bonds is 8. The first-order valence-corrected chi connectivity index (χ1v) is 8.40. The van der Waals surface area contributed by atoms with Gasteiger partial charge < -0.3 is 14.8 Å². The number of nitrogens with one attached hydrogen (secondary N) is 1. The van der Waals surface area contributed by atoms with Crippen LogP contribution in [0.2, 0.25) is 0 Å². The monoisotopic (exact) mass is 329 g/mol. The number of ether oxygens (including phenoxy) is 2. The highest BCUT2D eigenvalue weighted by Gasteiger charge is 2.03. The molecule has 0 aliphatic rings. The van der Waals surface area contributed by atoms with Gasteiger partial charge in [0.05, 0.1) is 13.2 Å². The fourth-order valence-corrected chi connectivity index (χ4v) is 2.30. The second-order valence-electron chi connectivity index (χ2n) is 5.14. The summed E-state index contributed by atoms with van der Waals surface area (Å²) in [5.41, 5.74) is 1.92. The third kappa shape index (κ3) is 5.57. The van der Waals surface area contributed by atoms with Crippen molar-refractivity contribution in [2.24, 2.45) is 0 Å². The van der Waals surface area contributed by atoms with E-state index in [4.69, 9.17) is 21.7 Å². The molecule has 1 N–H and O–H groups in total. The van der Waals surface area contributed by atoms with Gasteiger partial charge in [-0.15, -0.1) is 0 Å². The highest BCUT2D eigenvalue weighted by atomic mass is 32.1. The van der Waals surface area contributed by atoms with Crippen LogP contribution >= 0.6 is 12.2 Å². The average Bonchev–Trinajstić information content (AvgIpc) is 2.58. The van der Waals surface area contributed by atoms with E-state index in [-0.39, 0.29) is 0 Å². The Bertz CT molecular complexity index is 608. The molecule has 0 spiro atoms. The largest absolute Gasteiger partial charge is 0.494 e. The molecule has 0 saturated carbocycles. The van der Waals surface area contributed by atoms with E-state index in [1.54, 1.807) is 0 Å². The molecule has 23 heavy (non-hydrogen) atoms. The lowest BCUT2D eigenvalue weighted by Crippen LogP contribution is -2.10. The van der Waals surface area contributed by atoms with Crippen LogP contribution in [-0.2, 0) is 0 Å². The maximum Gasteiger partial charge on any atom is 0.119 e. The Balaban J connectivity index is 1.92. The molecule has 0 heterocycles. The summed E-state index contributed by atoms with van der Waals surface area (Å²) in [6.45, 7) is 5.54. The number of hydrogen-bond donors (Lipinski definition) is 1. The second kappa shape index (κ2) is 9.16. The van der Waals surface area contributed by atoms with Crippen LogP contribution in [0.3, 0.4) is 0 Å². The van der Waals surface area contributed by atoms with E-state index < -0.39 is 0 Å². The van der Waals surface area contributed by atoms with Gasteiger partial charge in [-0.1, -0.05) is 25.6 Å². The lowest BCUT2D eigenvalue weighted by atomic mass is 10.2. The molecule has 0 amide bonds. The van der Waals surface area contributed by atoms with Crippen LogP contribution in [0.15, 0.2) is 48.5 Å². The summed E-state index contributed by atoms with van der Waals surface area (Å²) in [7, 11) is 0. The van der Waals surface area contributed by atoms with Gasteiger partial charge in [0, 0.05) is 11.3 Å². The Hall–Kier alpha value is -2.07. The zero-order chi connectivity index (χ0) is 16.5. The molecule has 0 bridgehead atoms. The van der Waals surface area contributed by atoms with Crippen LogP contribution < -0.4 is 14.8 Å². The van der Waals surface area contributed by atoms with Crippen molar-refractivity contribution in [3.05, 3.63) is 54.1 Å². The molecule has 0 aliphatic heterocycles. The fourth-order valence-electron chi connectivity index (χ4n) is 2.04. The predicted octanol–water partition coefficient (Wildman–Crippen LogP) is 5.05. The molecule has 4 heteroatoms. The van der Waals surface area contributed by atoms with Crippen molar-refractivity contribution in [3.63, 3.8) is 0 Å². The molecule has 2 aromatic rings. The van der Waals surface area contributed by atoms with E-state index in [1.807, 2.05) is 55.5 Å². The van der Waals surface area contributed by atoms with Crippen molar-refractivity contribution in [3.8, 4) is 11.5 Å². The zero-order valence-electron chi connectivity index (χ0n) is 13.7. The molecule has 3 nitrogen and oxygen atoms in total. The van der Waals surface area contributed by atoms with Gasteiger partial charge in [0.25, 0.3) is 0 Å². The van der Waals surface area contributed by atoms with Gasteiger partial charge >= 0.3 is 0 Å². The van der Waals surface area contributed by atoms with E-state index in [1.165, 1.54) is 0 Å². The molecule has 2 aromatic carbocycles. The number of thiocarbonyl (C=S) groups is 1. The van der Waals surface area contributed by atoms with Crippen LogP contribution in [0.4, 0.5) is 5.69 Å². The first-order valence-electron chi connectivity index (χ1n) is 8.00.